The van der Waals surface area contributed by atoms with E-state index in [9.17, 15) is 4.79 Å². The topological polar surface area (TPSA) is 35.5 Å². The number of hydrogen-bond donors (Lipinski definition) is 0. The Balaban J connectivity index is 2.71. The summed E-state index contributed by atoms with van der Waals surface area (Å²) in [5.41, 5.74) is 0.680. The number of ether oxygens (including phenoxy) is 2. The van der Waals surface area contributed by atoms with E-state index in [4.69, 9.17) is 9.47 Å². The van der Waals surface area contributed by atoms with E-state index >= 15 is 0 Å². The second-order valence-corrected chi connectivity index (χ2v) is 6.75. The summed E-state index contributed by atoms with van der Waals surface area (Å²) in [4.78, 5) is 12.0. The molecule has 0 amide bonds. The van der Waals surface area contributed by atoms with Crippen LogP contribution in [0.3, 0.4) is 0 Å². The molecule has 0 unspecified atom stereocenters. The molecular formula is C12H20O3S2. The molecule has 1 rings (SSSR count). The summed E-state index contributed by atoms with van der Waals surface area (Å²) in [5.74, 6) is 1.87. The Morgan fingerprint density at radius 2 is 1.76 bits per heavy atom. The molecule has 1 aliphatic rings. The largest absolute Gasteiger partial charge is 0.460 e. The number of carbonyl (C=O) groups is 1. The molecule has 1 fully saturated rings. The first kappa shape index (κ1) is 14.9. The van der Waals surface area contributed by atoms with Crippen LogP contribution < -0.4 is 0 Å². The van der Waals surface area contributed by atoms with Gasteiger partial charge in [-0.2, -0.15) is 0 Å². The molecule has 0 spiro atoms. The average molecular weight is 276 g/mol. The van der Waals surface area contributed by atoms with E-state index in [1.807, 2.05) is 27.7 Å². The van der Waals surface area contributed by atoms with E-state index in [2.05, 4.69) is 0 Å². The Morgan fingerprint density at radius 1 is 1.18 bits per heavy atom. The highest BCUT2D eigenvalue weighted by atomic mass is 32.2. The molecule has 3 nitrogen and oxygen atoms in total. The van der Waals surface area contributed by atoms with Crippen LogP contribution in [-0.2, 0) is 14.3 Å². The lowest BCUT2D eigenvalue weighted by Crippen LogP contribution is -2.19. The third kappa shape index (κ3) is 5.36. The minimum atomic E-state index is -0.238. The first-order valence-electron chi connectivity index (χ1n) is 5.82. The molecule has 0 aromatic carbocycles. The van der Waals surface area contributed by atoms with Crippen LogP contribution in [0.5, 0.6) is 0 Å². The van der Waals surface area contributed by atoms with Gasteiger partial charge in [0.15, 0.2) is 0 Å². The standard InChI is InChI=1S/C12H20O3S2/c1-8(2)14-7-10(11(13)15-9(3)4)12-16-5-6-17-12/h8-9H,5-7H2,1-4H3. The van der Waals surface area contributed by atoms with E-state index in [-0.39, 0.29) is 18.2 Å². The maximum atomic E-state index is 12.0. The van der Waals surface area contributed by atoms with Crippen molar-refractivity contribution in [3.8, 4) is 0 Å². The molecule has 98 valence electrons. The number of thioether (sulfide) groups is 2. The van der Waals surface area contributed by atoms with Gasteiger partial charge in [-0.3, -0.25) is 0 Å². The second-order valence-electron chi connectivity index (χ2n) is 4.28. The molecule has 0 bridgehead atoms. The quantitative estimate of drug-likeness (QED) is 0.569. The SMILES string of the molecule is CC(C)OCC(C(=O)OC(C)C)=C1SCCS1. The van der Waals surface area contributed by atoms with Gasteiger partial charge >= 0.3 is 5.97 Å². The Hall–Kier alpha value is -0.130. The number of esters is 1. The number of carbonyl (C=O) groups excluding carboxylic acids is 1. The molecule has 0 aromatic heterocycles. The molecule has 1 saturated heterocycles. The maximum Gasteiger partial charge on any atom is 0.338 e. The highest BCUT2D eigenvalue weighted by Gasteiger charge is 2.22. The zero-order chi connectivity index (χ0) is 12.8. The molecule has 0 atom stereocenters. The van der Waals surface area contributed by atoms with Gasteiger partial charge < -0.3 is 9.47 Å². The molecular weight excluding hydrogens is 256 g/mol. The minimum absolute atomic E-state index is 0.0893. The van der Waals surface area contributed by atoms with Crippen LogP contribution in [0, 0.1) is 0 Å². The average Bonchev–Trinajstić information content (AvgIpc) is 2.69. The summed E-state index contributed by atoms with van der Waals surface area (Å²) in [6, 6.07) is 0. The van der Waals surface area contributed by atoms with Crippen molar-refractivity contribution in [3.63, 3.8) is 0 Å². The first-order valence-corrected chi connectivity index (χ1v) is 7.79. The van der Waals surface area contributed by atoms with Crippen LogP contribution in [0.1, 0.15) is 27.7 Å². The zero-order valence-electron chi connectivity index (χ0n) is 10.8. The summed E-state index contributed by atoms with van der Waals surface area (Å²) in [5, 5.41) is 0. The van der Waals surface area contributed by atoms with E-state index in [1.54, 1.807) is 23.5 Å². The van der Waals surface area contributed by atoms with Crippen molar-refractivity contribution in [2.45, 2.75) is 39.9 Å². The Morgan fingerprint density at radius 3 is 2.24 bits per heavy atom. The van der Waals surface area contributed by atoms with Crippen LogP contribution in [-0.4, -0.2) is 36.3 Å². The van der Waals surface area contributed by atoms with Gasteiger partial charge in [-0.05, 0) is 27.7 Å². The third-order valence-electron chi connectivity index (χ3n) is 1.95. The number of hydrogen-bond acceptors (Lipinski definition) is 5. The Kier molecular flexibility index (Phi) is 6.44. The van der Waals surface area contributed by atoms with Crippen LogP contribution in [0.4, 0.5) is 0 Å². The van der Waals surface area contributed by atoms with E-state index in [0.29, 0.717) is 12.2 Å². The lowest BCUT2D eigenvalue weighted by Gasteiger charge is -2.14. The third-order valence-corrected chi connectivity index (χ3v) is 4.75. The van der Waals surface area contributed by atoms with Crippen LogP contribution in [0.25, 0.3) is 0 Å². The molecule has 0 saturated carbocycles. The summed E-state index contributed by atoms with van der Waals surface area (Å²) >= 11 is 3.44. The monoisotopic (exact) mass is 276 g/mol. The van der Waals surface area contributed by atoms with Gasteiger partial charge in [-0.15, -0.1) is 23.5 Å². The lowest BCUT2D eigenvalue weighted by atomic mass is 10.3. The predicted molar refractivity (Wildman–Crippen MR) is 74.3 cm³/mol. The number of rotatable bonds is 5. The van der Waals surface area contributed by atoms with Crippen molar-refractivity contribution in [1.29, 1.82) is 0 Å². The fraction of sp³-hybridized carbons (Fsp3) is 0.750. The molecule has 1 aliphatic heterocycles. The van der Waals surface area contributed by atoms with Gasteiger partial charge in [0.05, 0.1) is 28.6 Å². The highest BCUT2D eigenvalue weighted by molar-refractivity contribution is 8.25. The molecule has 0 N–H and O–H groups in total. The maximum absolute atomic E-state index is 12.0. The van der Waals surface area contributed by atoms with E-state index in [0.717, 1.165) is 15.7 Å². The first-order chi connectivity index (χ1) is 8.00. The second kappa shape index (κ2) is 7.34. The summed E-state index contributed by atoms with van der Waals surface area (Å²) in [6.45, 7) is 7.99. The Bertz CT molecular complexity index is 290. The summed E-state index contributed by atoms with van der Waals surface area (Å²) in [7, 11) is 0. The fourth-order valence-corrected chi connectivity index (χ4v) is 3.72. The molecule has 1 heterocycles. The normalized spacial score (nSPS) is 15.8. The van der Waals surface area contributed by atoms with Crippen LogP contribution >= 0.6 is 23.5 Å². The zero-order valence-corrected chi connectivity index (χ0v) is 12.5. The van der Waals surface area contributed by atoms with E-state index in [1.165, 1.54) is 0 Å². The van der Waals surface area contributed by atoms with Gasteiger partial charge in [0.1, 0.15) is 0 Å². The van der Waals surface area contributed by atoms with Crippen molar-refractivity contribution in [3.05, 3.63) is 9.81 Å². The van der Waals surface area contributed by atoms with Gasteiger partial charge in [0.25, 0.3) is 0 Å². The molecule has 0 radical (unpaired) electrons. The van der Waals surface area contributed by atoms with Gasteiger partial charge in [-0.25, -0.2) is 4.79 Å². The lowest BCUT2D eigenvalue weighted by molar-refractivity contribution is -0.143. The Labute approximate surface area is 112 Å². The van der Waals surface area contributed by atoms with Crippen molar-refractivity contribution >= 4 is 29.5 Å². The predicted octanol–water partition coefficient (Wildman–Crippen LogP) is 3.05. The van der Waals surface area contributed by atoms with Crippen molar-refractivity contribution < 1.29 is 14.3 Å². The van der Waals surface area contributed by atoms with Crippen LogP contribution in [0.15, 0.2) is 9.81 Å². The molecule has 0 aromatic rings. The minimum Gasteiger partial charge on any atom is -0.460 e. The van der Waals surface area contributed by atoms with Gasteiger partial charge in [-0.1, -0.05) is 0 Å². The molecule has 0 aliphatic carbocycles. The summed E-state index contributed by atoms with van der Waals surface area (Å²) in [6.07, 6.45) is 0.0300. The van der Waals surface area contributed by atoms with Gasteiger partial charge in [0, 0.05) is 11.5 Å². The smallest absolute Gasteiger partial charge is 0.338 e. The van der Waals surface area contributed by atoms with Crippen LogP contribution in [0.2, 0.25) is 0 Å². The molecule has 17 heavy (non-hydrogen) atoms. The van der Waals surface area contributed by atoms with Crippen molar-refractivity contribution in [2.75, 3.05) is 18.1 Å². The van der Waals surface area contributed by atoms with Crippen molar-refractivity contribution in [2.24, 2.45) is 0 Å². The fourth-order valence-electron chi connectivity index (χ4n) is 1.22. The molecule has 5 heteroatoms. The van der Waals surface area contributed by atoms with Crippen molar-refractivity contribution in [1.82, 2.24) is 0 Å². The van der Waals surface area contributed by atoms with Gasteiger partial charge in [0.2, 0.25) is 0 Å². The highest BCUT2D eigenvalue weighted by Crippen LogP contribution is 2.39. The van der Waals surface area contributed by atoms with E-state index < -0.39 is 0 Å². The summed E-state index contributed by atoms with van der Waals surface area (Å²) < 4.78 is 11.9.